The van der Waals surface area contributed by atoms with Gasteiger partial charge in [0.2, 0.25) is 0 Å². The quantitative estimate of drug-likeness (QED) is 0.151. The molecule has 1 spiro atoms. The fourth-order valence-electron chi connectivity index (χ4n) is 12.5. The van der Waals surface area contributed by atoms with E-state index in [0.717, 1.165) is 5.69 Å². The monoisotopic (exact) mass is 831 g/mol. The second-order valence-electron chi connectivity index (χ2n) is 19.1. The highest BCUT2D eigenvalue weighted by Gasteiger charge is 2.45. The summed E-state index contributed by atoms with van der Waals surface area (Å²) in [6.07, 6.45) is 4.92. The third-order valence-corrected chi connectivity index (χ3v) is 15.4. The summed E-state index contributed by atoms with van der Waals surface area (Å²) in [6, 6.07) is 80.0. The van der Waals surface area contributed by atoms with Gasteiger partial charge in [-0.3, -0.25) is 0 Å². The molecule has 13 rings (SSSR count). The van der Waals surface area contributed by atoms with Crippen molar-refractivity contribution >= 4 is 38.6 Å². The zero-order valence-electron chi connectivity index (χ0n) is 37.0. The van der Waals surface area contributed by atoms with E-state index in [1.807, 2.05) is 0 Å². The molecule has 0 amide bonds. The molecule has 1 nitrogen and oxygen atoms in total. The first kappa shape index (κ1) is 38.0. The summed E-state index contributed by atoms with van der Waals surface area (Å²) in [5.41, 5.74) is 22.2. The van der Waals surface area contributed by atoms with Crippen molar-refractivity contribution in [2.45, 2.75) is 50.4 Å². The van der Waals surface area contributed by atoms with Crippen LogP contribution in [0.15, 0.2) is 212 Å². The average molecular weight is 832 g/mol. The third kappa shape index (κ3) is 5.64. The van der Waals surface area contributed by atoms with Crippen LogP contribution in [-0.2, 0) is 10.8 Å². The minimum atomic E-state index is -0.112. The van der Waals surface area contributed by atoms with Crippen LogP contribution in [0.4, 0.5) is 17.1 Å². The number of rotatable bonds is 6. The van der Waals surface area contributed by atoms with E-state index < -0.39 is 0 Å². The standard InChI is InChI=1S/C64H49N/c1-63(2)58-28-10-7-22-53(58)57-27-16-26-56(62(57)63)49-20-6-5-19-47(49)43-31-34-44(35-32-43)65(45-36-38-54-52-21-8-11-29-59(52)64(60(54)41-45)39-13-14-40-64)61-30-12-9-23-55(61)50-25-15-24-48-46-18-4-3-17-42(46)33-37-51(48)50/h3-12,15-38,41H,13-14,39-40H2,1-2H3. The molecule has 1 fully saturated rings. The van der Waals surface area contributed by atoms with Gasteiger partial charge >= 0.3 is 0 Å². The fourth-order valence-corrected chi connectivity index (χ4v) is 12.5. The Balaban J connectivity index is 0.984. The summed E-state index contributed by atoms with van der Waals surface area (Å²) in [7, 11) is 0. The Kier molecular flexibility index (Phi) is 8.50. The van der Waals surface area contributed by atoms with E-state index in [-0.39, 0.29) is 10.8 Å². The Labute approximate surface area is 382 Å². The van der Waals surface area contributed by atoms with Crippen LogP contribution in [0.25, 0.3) is 77.2 Å². The topological polar surface area (TPSA) is 3.24 Å². The Morgan fingerprint density at radius 1 is 0.354 bits per heavy atom. The van der Waals surface area contributed by atoms with Crippen LogP contribution in [-0.4, -0.2) is 0 Å². The molecule has 3 aliphatic carbocycles. The van der Waals surface area contributed by atoms with Gasteiger partial charge in [-0.2, -0.15) is 0 Å². The number of hydrogen-bond donors (Lipinski definition) is 0. The molecule has 1 heteroatoms. The highest BCUT2D eigenvalue weighted by Crippen LogP contribution is 2.58. The van der Waals surface area contributed by atoms with Crippen molar-refractivity contribution in [3.63, 3.8) is 0 Å². The molecule has 3 aliphatic rings. The minimum Gasteiger partial charge on any atom is -0.310 e. The van der Waals surface area contributed by atoms with Crippen LogP contribution in [0.3, 0.4) is 0 Å². The summed E-state index contributed by atoms with van der Waals surface area (Å²) in [5, 5.41) is 5.09. The summed E-state index contributed by atoms with van der Waals surface area (Å²) < 4.78 is 0. The number of nitrogens with zero attached hydrogens (tertiary/aromatic N) is 1. The molecular formula is C64H49N. The van der Waals surface area contributed by atoms with E-state index in [1.165, 1.54) is 136 Å². The molecular weight excluding hydrogens is 783 g/mol. The first-order valence-electron chi connectivity index (χ1n) is 23.5. The predicted molar refractivity (Wildman–Crippen MR) is 275 cm³/mol. The van der Waals surface area contributed by atoms with Gasteiger partial charge in [-0.25, -0.2) is 0 Å². The van der Waals surface area contributed by atoms with E-state index in [1.54, 1.807) is 0 Å². The second-order valence-corrected chi connectivity index (χ2v) is 19.1. The fraction of sp³-hybridized carbons (Fsp3) is 0.125. The van der Waals surface area contributed by atoms with Gasteiger partial charge < -0.3 is 4.90 Å². The molecule has 0 aromatic heterocycles. The molecule has 0 atom stereocenters. The molecule has 65 heavy (non-hydrogen) atoms. The van der Waals surface area contributed by atoms with Gasteiger partial charge in [0, 0.05) is 27.8 Å². The van der Waals surface area contributed by atoms with Crippen molar-refractivity contribution in [3.05, 3.63) is 235 Å². The lowest BCUT2D eigenvalue weighted by Gasteiger charge is -2.31. The lowest BCUT2D eigenvalue weighted by molar-refractivity contribution is 0.550. The SMILES string of the molecule is CC1(C)c2ccccc2-c2cccc(-c3ccccc3-c3ccc(N(c4ccc5c(c4)C4(CCCC4)c4ccccc4-5)c4ccccc4-c4cccc5c4ccc4ccccc45)cc3)c21. The van der Waals surface area contributed by atoms with E-state index in [9.17, 15) is 0 Å². The molecule has 10 aromatic rings. The van der Waals surface area contributed by atoms with E-state index >= 15 is 0 Å². The smallest absolute Gasteiger partial charge is 0.0540 e. The number of hydrogen-bond acceptors (Lipinski definition) is 1. The van der Waals surface area contributed by atoms with Crippen LogP contribution < -0.4 is 4.90 Å². The second kappa shape index (κ2) is 14.5. The van der Waals surface area contributed by atoms with Crippen molar-refractivity contribution in [2.24, 2.45) is 0 Å². The number of benzene rings is 10. The zero-order chi connectivity index (χ0) is 43.3. The maximum Gasteiger partial charge on any atom is 0.0540 e. The lowest BCUT2D eigenvalue weighted by atomic mass is 9.76. The summed E-state index contributed by atoms with van der Waals surface area (Å²) in [6.45, 7) is 4.77. The van der Waals surface area contributed by atoms with Gasteiger partial charge in [0.15, 0.2) is 0 Å². The van der Waals surface area contributed by atoms with Gasteiger partial charge in [-0.1, -0.05) is 209 Å². The normalized spacial score (nSPS) is 14.9. The summed E-state index contributed by atoms with van der Waals surface area (Å²) in [5.74, 6) is 0. The molecule has 0 N–H and O–H groups in total. The van der Waals surface area contributed by atoms with Crippen LogP contribution in [0.5, 0.6) is 0 Å². The van der Waals surface area contributed by atoms with Crippen molar-refractivity contribution in [1.29, 1.82) is 0 Å². The molecule has 0 radical (unpaired) electrons. The van der Waals surface area contributed by atoms with E-state index in [0.29, 0.717) is 0 Å². The van der Waals surface area contributed by atoms with Crippen LogP contribution >= 0.6 is 0 Å². The largest absolute Gasteiger partial charge is 0.310 e. The van der Waals surface area contributed by atoms with Crippen molar-refractivity contribution in [2.75, 3.05) is 4.90 Å². The van der Waals surface area contributed by atoms with Gasteiger partial charge in [-0.15, -0.1) is 0 Å². The Hall–Kier alpha value is -7.48. The zero-order valence-corrected chi connectivity index (χ0v) is 37.0. The third-order valence-electron chi connectivity index (χ3n) is 15.4. The molecule has 0 unspecified atom stereocenters. The molecule has 0 bridgehead atoms. The molecule has 310 valence electrons. The number of anilines is 3. The highest BCUT2D eigenvalue weighted by atomic mass is 15.1. The van der Waals surface area contributed by atoms with Crippen LogP contribution in [0.1, 0.15) is 61.8 Å². The van der Waals surface area contributed by atoms with Gasteiger partial charge in [0.05, 0.1) is 5.69 Å². The summed E-state index contributed by atoms with van der Waals surface area (Å²) in [4.78, 5) is 2.53. The van der Waals surface area contributed by atoms with Crippen molar-refractivity contribution in [3.8, 4) is 55.6 Å². The molecule has 0 heterocycles. The van der Waals surface area contributed by atoms with Crippen LogP contribution in [0, 0.1) is 0 Å². The van der Waals surface area contributed by atoms with Gasteiger partial charge in [0.1, 0.15) is 0 Å². The highest BCUT2D eigenvalue weighted by molar-refractivity contribution is 6.13. The minimum absolute atomic E-state index is 0.0604. The maximum atomic E-state index is 2.55. The Morgan fingerprint density at radius 2 is 0.908 bits per heavy atom. The Bertz CT molecular complexity index is 3530. The first-order chi connectivity index (χ1) is 32.0. The lowest BCUT2D eigenvalue weighted by Crippen LogP contribution is -2.21. The van der Waals surface area contributed by atoms with E-state index in [2.05, 4.69) is 231 Å². The van der Waals surface area contributed by atoms with Gasteiger partial charge in [-0.05, 0) is 137 Å². The Morgan fingerprint density at radius 3 is 1.71 bits per heavy atom. The van der Waals surface area contributed by atoms with Crippen molar-refractivity contribution < 1.29 is 0 Å². The number of fused-ring (bicyclic) bond motifs is 11. The van der Waals surface area contributed by atoms with Crippen LogP contribution in [0.2, 0.25) is 0 Å². The summed E-state index contributed by atoms with van der Waals surface area (Å²) >= 11 is 0. The maximum absolute atomic E-state index is 2.55. The molecule has 10 aromatic carbocycles. The average Bonchev–Trinajstić information content (AvgIpc) is 4.04. The predicted octanol–water partition coefficient (Wildman–Crippen LogP) is 17.6. The molecule has 0 saturated heterocycles. The number of para-hydroxylation sites is 1. The first-order valence-corrected chi connectivity index (χ1v) is 23.5. The molecule has 1 saturated carbocycles. The van der Waals surface area contributed by atoms with E-state index in [4.69, 9.17) is 0 Å². The van der Waals surface area contributed by atoms with Crippen molar-refractivity contribution in [1.82, 2.24) is 0 Å². The molecule has 0 aliphatic heterocycles. The van der Waals surface area contributed by atoms with Gasteiger partial charge in [0.25, 0.3) is 0 Å².